The molecule has 1 aromatic carbocycles. The summed E-state index contributed by atoms with van der Waals surface area (Å²) in [5.74, 6) is -1.56. The van der Waals surface area contributed by atoms with E-state index in [1.807, 2.05) is 36.4 Å². The highest BCUT2D eigenvalue weighted by Gasteiger charge is 2.28. The van der Waals surface area contributed by atoms with Crippen LogP contribution in [-0.2, 0) is 25.5 Å². The Morgan fingerprint density at radius 2 is 1.82 bits per heavy atom. The molecule has 0 saturated carbocycles. The Morgan fingerprint density at radius 3 is 2.44 bits per heavy atom. The lowest BCUT2D eigenvalue weighted by molar-refractivity contribution is -0.147. The molecule has 0 aliphatic carbocycles. The molecule has 0 aliphatic heterocycles. The second kappa shape index (κ2) is 15.8. The summed E-state index contributed by atoms with van der Waals surface area (Å²) in [5.41, 5.74) is 0.212. The number of hydrogen-bond acceptors (Lipinski definition) is 5. The molecule has 0 radical (unpaired) electrons. The fourth-order valence-electron chi connectivity index (χ4n) is 3.42. The number of carbonyl (C=O) groups is 3. The summed E-state index contributed by atoms with van der Waals surface area (Å²) in [6.07, 6.45) is 6.99. The summed E-state index contributed by atoms with van der Waals surface area (Å²) < 4.78 is 5.33. The van der Waals surface area contributed by atoms with Gasteiger partial charge >= 0.3 is 5.97 Å². The number of amides is 2. The average molecular weight is 473 g/mol. The van der Waals surface area contributed by atoms with Gasteiger partial charge in [-0.3, -0.25) is 14.4 Å². The second-order valence-electron chi connectivity index (χ2n) is 9.13. The molecule has 188 valence electrons. The van der Waals surface area contributed by atoms with E-state index < -0.39 is 17.5 Å². The van der Waals surface area contributed by atoms with Crippen LogP contribution < -0.4 is 10.6 Å². The molecule has 2 amide bonds. The van der Waals surface area contributed by atoms with Crippen molar-refractivity contribution in [2.75, 3.05) is 13.2 Å². The number of allylic oxidation sites excluding steroid dienone is 2. The van der Waals surface area contributed by atoms with Gasteiger partial charge in [-0.1, -0.05) is 42.5 Å². The zero-order valence-electron chi connectivity index (χ0n) is 20.6. The number of hydrogen-bond donors (Lipinski definition) is 3. The van der Waals surface area contributed by atoms with Crippen LogP contribution in [0.4, 0.5) is 0 Å². The lowest BCUT2D eigenvalue weighted by atomic mass is 9.97. The van der Waals surface area contributed by atoms with Crippen LogP contribution in [-0.4, -0.2) is 47.7 Å². The predicted molar refractivity (Wildman–Crippen MR) is 134 cm³/mol. The molecule has 1 aromatic rings. The first kappa shape index (κ1) is 29.1. The van der Waals surface area contributed by atoms with Crippen LogP contribution in [0.1, 0.15) is 57.9 Å². The van der Waals surface area contributed by atoms with Crippen LogP contribution in [0.3, 0.4) is 0 Å². The van der Waals surface area contributed by atoms with Crippen LogP contribution >= 0.6 is 0 Å². The molecule has 0 saturated heterocycles. The van der Waals surface area contributed by atoms with Gasteiger partial charge in [0.1, 0.15) is 6.61 Å². The van der Waals surface area contributed by atoms with E-state index in [0.717, 1.165) is 24.8 Å². The normalized spacial score (nSPS) is 12.8. The van der Waals surface area contributed by atoms with E-state index in [1.165, 1.54) is 0 Å². The maximum Gasteiger partial charge on any atom is 0.305 e. The third-order valence-electron chi connectivity index (χ3n) is 5.26. The van der Waals surface area contributed by atoms with Gasteiger partial charge in [0, 0.05) is 12.8 Å². The van der Waals surface area contributed by atoms with Crippen LogP contribution in [0.15, 0.2) is 55.6 Å². The van der Waals surface area contributed by atoms with Crippen molar-refractivity contribution in [1.29, 1.82) is 0 Å². The molecule has 0 aliphatic rings. The fraction of sp³-hybridized carbons (Fsp3) is 0.519. The monoisotopic (exact) mass is 472 g/mol. The van der Waals surface area contributed by atoms with Crippen molar-refractivity contribution in [1.82, 2.24) is 10.6 Å². The number of aliphatic hydroxyl groups excluding tert-OH is 1. The minimum Gasteiger partial charge on any atom is -0.463 e. The van der Waals surface area contributed by atoms with Gasteiger partial charge in [-0.25, -0.2) is 0 Å². The van der Waals surface area contributed by atoms with Crippen molar-refractivity contribution in [3.63, 3.8) is 0 Å². The second-order valence-corrected chi connectivity index (χ2v) is 9.13. The van der Waals surface area contributed by atoms with Gasteiger partial charge in [0.25, 0.3) is 0 Å². The first-order valence-corrected chi connectivity index (χ1v) is 11.8. The van der Waals surface area contributed by atoms with Gasteiger partial charge in [-0.05, 0) is 51.5 Å². The number of unbranched alkanes of at least 4 members (excludes halogenated alkanes) is 2. The first-order valence-electron chi connectivity index (χ1n) is 11.8. The molecule has 0 aromatic heterocycles. The van der Waals surface area contributed by atoms with Gasteiger partial charge in [0.05, 0.1) is 24.1 Å². The molecule has 0 bridgehead atoms. The average Bonchev–Trinajstić information content (AvgIpc) is 2.80. The Labute approximate surface area is 203 Å². The summed E-state index contributed by atoms with van der Waals surface area (Å²) in [6.45, 7) is 10.7. The summed E-state index contributed by atoms with van der Waals surface area (Å²) in [6, 6.07) is 9.12. The lowest BCUT2D eigenvalue weighted by Gasteiger charge is -2.28. The highest BCUT2D eigenvalue weighted by atomic mass is 16.5. The Hall–Kier alpha value is -2.93. The maximum absolute atomic E-state index is 12.9. The van der Waals surface area contributed by atoms with Gasteiger partial charge in [-0.15, -0.1) is 13.2 Å². The number of aliphatic hydroxyl groups is 1. The predicted octanol–water partition coefficient (Wildman–Crippen LogP) is 3.47. The molecule has 0 fully saturated rings. The summed E-state index contributed by atoms with van der Waals surface area (Å²) >= 11 is 0. The number of nitrogens with one attached hydrogen (secondary N) is 2. The molecule has 7 heteroatoms. The Kier molecular flexibility index (Phi) is 13.5. The van der Waals surface area contributed by atoms with E-state index in [2.05, 4.69) is 23.8 Å². The van der Waals surface area contributed by atoms with E-state index >= 15 is 0 Å². The molecule has 7 nitrogen and oxygen atoms in total. The lowest BCUT2D eigenvalue weighted by Crippen LogP contribution is -2.50. The van der Waals surface area contributed by atoms with E-state index in [4.69, 9.17) is 4.74 Å². The van der Waals surface area contributed by atoms with E-state index in [-0.39, 0.29) is 37.4 Å². The van der Waals surface area contributed by atoms with Crippen molar-refractivity contribution in [2.24, 2.45) is 5.92 Å². The highest BCUT2D eigenvalue weighted by molar-refractivity contribution is 5.86. The molecule has 1 rings (SSSR count). The number of rotatable bonds is 17. The maximum atomic E-state index is 12.9. The van der Waals surface area contributed by atoms with Crippen LogP contribution in [0.2, 0.25) is 0 Å². The standard InChI is InChI=1S/C27H40N2O5/c1-5-7-8-12-16-25(32)34-20-27(3,4)29-26(33)22(13-6-2)18-24(31)28-23(19-30)17-21-14-10-9-11-15-21/h5-6,9-11,14-15,22-23,30H,1-2,7-8,12-13,16-20H2,3-4H3,(H,28,31)(H,29,33)/t22-,23+/m1/s1. The summed E-state index contributed by atoms with van der Waals surface area (Å²) in [5, 5.41) is 15.4. The molecule has 2 atom stereocenters. The zero-order chi connectivity index (χ0) is 25.4. The largest absolute Gasteiger partial charge is 0.463 e. The molecule has 0 spiro atoms. The summed E-state index contributed by atoms with van der Waals surface area (Å²) in [4.78, 5) is 37.4. The molecule has 0 unspecified atom stereocenters. The SMILES string of the molecule is C=CCCCCC(=O)OCC(C)(C)NC(=O)[C@H](CC=C)CC(=O)N[C@H](CO)Cc1ccccc1. The Bertz CT molecular complexity index is 791. The zero-order valence-corrected chi connectivity index (χ0v) is 20.6. The van der Waals surface area contributed by atoms with E-state index in [9.17, 15) is 19.5 Å². The summed E-state index contributed by atoms with van der Waals surface area (Å²) in [7, 11) is 0. The van der Waals surface area contributed by atoms with Crippen molar-refractivity contribution < 1.29 is 24.2 Å². The van der Waals surface area contributed by atoms with Crippen molar-refractivity contribution in [3.05, 3.63) is 61.2 Å². The van der Waals surface area contributed by atoms with Crippen molar-refractivity contribution >= 4 is 17.8 Å². The van der Waals surface area contributed by atoms with E-state index in [1.54, 1.807) is 19.9 Å². The topological polar surface area (TPSA) is 105 Å². The van der Waals surface area contributed by atoms with Gasteiger partial charge < -0.3 is 20.5 Å². The van der Waals surface area contributed by atoms with Gasteiger partial charge in [-0.2, -0.15) is 0 Å². The van der Waals surface area contributed by atoms with Crippen LogP contribution in [0, 0.1) is 5.92 Å². The molecular weight excluding hydrogens is 432 g/mol. The smallest absolute Gasteiger partial charge is 0.305 e. The third kappa shape index (κ3) is 12.3. The number of esters is 1. The van der Waals surface area contributed by atoms with E-state index in [0.29, 0.717) is 19.3 Å². The molecule has 3 N–H and O–H groups in total. The number of carbonyl (C=O) groups excluding carboxylic acids is 3. The molecule has 0 heterocycles. The highest BCUT2D eigenvalue weighted by Crippen LogP contribution is 2.14. The van der Waals surface area contributed by atoms with Crippen molar-refractivity contribution in [3.8, 4) is 0 Å². The van der Waals surface area contributed by atoms with Crippen LogP contribution in [0.5, 0.6) is 0 Å². The minimum absolute atomic E-state index is 0.0374. The first-order chi connectivity index (χ1) is 16.2. The van der Waals surface area contributed by atoms with Gasteiger partial charge in [0.15, 0.2) is 0 Å². The number of ether oxygens (including phenoxy) is 1. The van der Waals surface area contributed by atoms with Crippen molar-refractivity contribution in [2.45, 2.75) is 70.4 Å². The van der Waals surface area contributed by atoms with Crippen LogP contribution in [0.25, 0.3) is 0 Å². The Morgan fingerprint density at radius 1 is 1.12 bits per heavy atom. The number of benzene rings is 1. The fourth-order valence-corrected chi connectivity index (χ4v) is 3.42. The third-order valence-corrected chi connectivity index (χ3v) is 5.26. The molecular formula is C27H40N2O5. The quantitative estimate of drug-likeness (QED) is 0.183. The molecule has 34 heavy (non-hydrogen) atoms. The minimum atomic E-state index is -0.787. The Balaban J connectivity index is 2.57. The van der Waals surface area contributed by atoms with Gasteiger partial charge in [0.2, 0.25) is 11.8 Å².